The van der Waals surface area contributed by atoms with Gasteiger partial charge in [-0.15, -0.1) is 0 Å². The molecule has 138 valence electrons. The molecule has 1 aliphatic heterocycles. The molecule has 1 fully saturated rings. The number of pyridine rings is 1. The summed E-state index contributed by atoms with van der Waals surface area (Å²) >= 11 is 0. The van der Waals surface area contributed by atoms with Gasteiger partial charge in [0.2, 0.25) is 5.91 Å². The van der Waals surface area contributed by atoms with Crippen LogP contribution in [0.3, 0.4) is 0 Å². The lowest BCUT2D eigenvalue weighted by molar-refractivity contribution is -0.136. The zero-order chi connectivity index (χ0) is 19.6. The topological polar surface area (TPSA) is 79.4 Å². The Morgan fingerprint density at radius 2 is 1.46 bits per heavy atom. The molecule has 0 saturated carbocycles. The molecule has 28 heavy (non-hydrogen) atoms. The van der Waals surface area contributed by atoms with Crippen molar-refractivity contribution in [2.24, 2.45) is 0 Å². The van der Waals surface area contributed by atoms with Crippen LogP contribution in [0.15, 0.2) is 85.1 Å². The van der Waals surface area contributed by atoms with E-state index in [9.17, 15) is 14.4 Å². The highest BCUT2D eigenvalue weighted by Crippen LogP contribution is 2.35. The van der Waals surface area contributed by atoms with E-state index in [1.54, 1.807) is 42.5 Å². The molecule has 2 aromatic carbocycles. The van der Waals surface area contributed by atoms with Crippen molar-refractivity contribution in [3.05, 3.63) is 96.2 Å². The third kappa shape index (κ3) is 2.85. The van der Waals surface area contributed by atoms with Gasteiger partial charge in [-0.1, -0.05) is 66.7 Å². The van der Waals surface area contributed by atoms with Crippen LogP contribution >= 0.6 is 0 Å². The van der Waals surface area contributed by atoms with Crippen molar-refractivity contribution >= 4 is 23.7 Å². The second-order valence-electron chi connectivity index (χ2n) is 6.52. The number of carbonyl (C=O) groups is 3. The Bertz CT molecular complexity index is 1020. The highest BCUT2D eigenvalue weighted by molar-refractivity contribution is 6.32. The number of urea groups is 1. The van der Waals surface area contributed by atoms with Crippen LogP contribution in [0.2, 0.25) is 0 Å². The van der Waals surface area contributed by atoms with Crippen molar-refractivity contribution < 1.29 is 14.4 Å². The van der Waals surface area contributed by atoms with Gasteiger partial charge in [0.05, 0.1) is 0 Å². The quantitative estimate of drug-likeness (QED) is 0.715. The van der Waals surface area contributed by atoms with Gasteiger partial charge >= 0.3 is 6.03 Å². The minimum absolute atomic E-state index is 0.124. The Balaban J connectivity index is 1.89. The molecule has 4 amide bonds. The lowest BCUT2D eigenvalue weighted by Crippen LogP contribution is -2.67. The first kappa shape index (κ1) is 17.6. The second kappa shape index (κ2) is 7.08. The van der Waals surface area contributed by atoms with Crippen molar-refractivity contribution in [2.75, 3.05) is 4.90 Å². The van der Waals surface area contributed by atoms with Gasteiger partial charge in [-0.05, 0) is 29.7 Å². The number of amides is 4. The molecule has 1 atom stereocenters. The summed E-state index contributed by atoms with van der Waals surface area (Å²) in [6.07, 6.45) is 1.62. The molecule has 6 heteroatoms. The first-order valence-electron chi connectivity index (χ1n) is 8.83. The average Bonchev–Trinajstić information content (AvgIpc) is 2.73. The highest BCUT2D eigenvalue weighted by atomic mass is 16.2. The van der Waals surface area contributed by atoms with Crippen LogP contribution in [0.25, 0.3) is 0 Å². The van der Waals surface area contributed by atoms with Gasteiger partial charge in [0.1, 0.15) is 5.82 Å². The van der Waals surface area contributed by atoms with Crippen molar-refractivity contribution in [3.8, 4) is 0 Å². The molecular weight excluding hydrogens is 354 g/mol. The summed E-state index contributed by atoms with van der Waals surface area (Å²) in [5.41, 5.74) is -0.242. The molecule has 0 spiro atoms. The van der Waals surface area contributed by atoms with E-state index in [0.717, 1.165) is 10.5 Å². The molecule has 3 aromatic rings. The van der Waals surface area contributed by atoms with Gasteiger partial charge in [-0.3, -0.25) is 14.9 Å². The maximum atomic E-state index is 13.7. The molecule has 1 aliphatic rings. The predicted molar refractivity (Wildman–Crippen MR) is 104 cm³/mol. The summed E-state index contributed by atoms with van der Waals surface area (Å²) in [6, 6.07) is 22.2. The smallest absolute Gasteiger partial charge is 0.276 e. The maximum absolute atomic E-state index is 13.7. The van der Waals surface area contributed by atoms with E-state index >= 15 is 0 Å². The van der Waals surface area contributed by atoms with Crippen LogP contribution in [0, 0.1) is 0 Å². The van der Waals surface area contributed by atoms with E-state index < -0.39 is 23.3 Å². The van der Waals surface area contributed by atoms with Gasteiger partial charge in [-0.25, -0.2) is 14.7 Å². The van der Waals surface area contributed by atoms with Gasteiger partial charge in [-0.2, -0.15) is 0 Å². The fraction of sp³-hybridized carbons (Fsp3) is 0.0909. The molecular formula is C22H17N3O3. The molecule has 0 radical (unpaired) electrons. The third-order valence-corrected chi connectivity index (χ3v) is 4.84. The van der Waals surface area contributed by atoms with E-state index in [4.69, 9.17) is 0 Å². The third-order valence-electron chi connectivity index (χ3n) is 4.84. The number of carbonyl (C=O) groups excluding carboxylic acids is 3. The van der Waals surface area contributed by atoms with Gasteiger partial charge in [0.25, 0.3) is 5.91 Å². The number of nitrogens with one attached hydrogen (secondary N) is 1. The summed E-state index contributed by atoms with van der Waals surface area (Å²) in [5.74, 6) is -1.08. The lowest BCUT2D eigenvalue weighted by Gasteiger charge is -2.39. The fourth-order valence-electron chi connectivity index (χ4n) is 3.47. The average molecular weight is 371 g/mol. The van der Waals surface area contributed by atoms with E-state index in [0.29, 0.717) is 5.56 Å². The number of barbiturate groups is 1. The molecule has 0 bridgehead atoms. The first-order chi connectivity index (χ1) is 13.6. The number of benzene rings is 2. The molecule has 2 heterocycles. The zero-order valence-corrected chi connectivity index (χ0v) is 14.9. The van der Waals surface area contributed by atoms with E-state index in [2.05, 4.69) is 10.3 Å². The second-order valence-corrected chi connectivity index (χ2v) is 6.52. The summed E-state index contributed by atoms with van der Waals surface area (Å²) < 4.78 is 0. The number of hydrogen-bond acceptors (Lipinski definition) is 4. The predicted octanol–water partition coefficient (Wildman–Crippen LogP) is 2.85. The highest BCUT2D eigenvalue weighted by Gasteiger charge is 2.55. The Hall–Kier alpha value is -3.80. The van der Waals surface area contributed by atoms with Crippen LogP contribution in [-0.2, 0) is 21.4 Å². The molecule has 4 rings (SSSR count). The number of aromatic nitrogens is 1. The number of anilines is 1. The van der Waals surface area contributed by atoms with Crippen molar-refractivity contribution in [2.45, 2.75) is 11.8 Å². The van der Waals surface area contributed by atoms with Crippen LogP contribution < -0.4 is 10.2 Å². The molecule has 1 aromatic heterocycles. The normalized spacial score (nSPS) is 19.4. The molecule has 1 saturated heterocycles. The minimum atomic E-state index is -1.58. The van der Waals surface area contributed by atoms with Crippen LogP contribution in [0.1, 0.15) is 11.1 Å². The molecule has 0 aliphatic carbocycles. The Morgan fingerprint density at radius 3 is 2.11 bits per heavy atom. The van der Waals surface area contributed by atoms with Crippen LogP contribution in [0.5, 0.6) is 0 Å². The van der Waals surface area contributed by atoms with Gasteiger partial charge < -0.3 is 0 Å². The Labute approximate surface area is 161 Å². The maximum Gasteiger partial charge on any atom is 0.336 e. The molecule has 1 N–H and O–H groups in total. The van der Waals surface area contributed by atoms with E-state index in [1.807, 2.05) is 36.4 Å². The number of rotatable bonds is 4. The lowest BCUT2D eigenvalue weighted by atomic mass is 9.72. The number of hydrogen-bond donors (Lipinski definition) is 1. The Kier molecular flexibility index (Phi) is 4.45. The number of nitrogens with zero attached hydrogens (tertiary/aromatic N) is 2. The zero-order valence-electron chi connectivity index (χ0n) is 14.9. The summed E-state index contributed by atoms with van der Waals surface area (Å²) in [5, 5.41) is 2.36. The largest absolute Gasteiger partial charge is 0.336 e. The van der Waals surface area contributed by atoms with Crippen molar-refractivity contribution in [3.63, 3.8) is 0 Å². The standard InChI is InChI=1S/C22H17N3O3/c26-19-22(17-11-5-2-6-12-17,15-16-9-3-1-4-10-16)20(27)25(21(28)24-19)18-13-7-8-14-23-18/h1-14H,15H2,(H,24,26,28). The summed E-state index contributed by atoms with van der Waals surface area (Å²) in [4.78, 5) is 44.4. The first-order valence-corrected chi connectivity index (χ1v) is 8.83. The van der Waals surface area contributed by atoms with Crippen LogP contribution in [0.4, 0.5) is 10.6 Å². The summed E-state index contributed by atoms with van der Waals surface area (Å²) in [7, 11) is 0. The number of imide groups is 2. The van der Waals surface area contributed by atoms with Gasteiger partial charge in [0, 0.05) is 6.20 Å². The minimum Gasteiger partial charge on any atom is -0.276 e. The molecule has 1 unspecified atom stereocenters. The van der Waals surface area contributed by atoms with Crippen molar-refractivity contribution in [1.82, 2.24) is 10.3 Å². The van der Waals surface area contributed by atoms with Crippen LogP contribution in [-0.4, -0.2) is 22.8 Å². The van der Waals surface area contributed by atoms with E-state index in [-0.39, 0.29) is 12.2 Å². The van der Waals surface area contributed by atoms with Gasteiger partial charge in [0.15, 0.2) is 5.41 Å². The SMILES string of the molecule is O=C1NC(=O)C(Cc2ccccc2)(c2ccccc2)C(=O)N1c1ccccn1. The monoisotopic (exact) mass is 371 g/mol. The Morgan fingerprint density at radius 1 is 0.821 bits per heavy atom. The van der Waals surface area contributed by atoms with E-state index in [1.165, 1.54) is 6.20 Å². The van der Waals surface area contributed by atoms with Crippen molar-refractivity contribution in [1.29, 1.82) is 0 Å². The summed E-state index contributed by atoms with van der Waals surface area (Å²) in [6.45, 7) is 0. The molecule has 6 nitrogen and oxygen atoms in total. The fourth-order valence-corrected chi connectivity index (χ4v) is 3.47.